The number of carbonyl (C=O) groups is 1. The Labute approximate surface area is 138 Å². The summed E-state index contributed by atoms with van der Waals surface area (Å²) < 4.78 is 1.02. The highest BCUT2D eigenvalue weighted by atomic mass is 35.5. The number of halogens is 1. The van der Waals surface area contributed by atoms with E-state index in [0.29, 0.717) is 16.6 Å². The molecule has 3 rings (SSSR count). The normalized spacial score (nSPS) is 10.9. The number of amides is 1. The van der Waals surface area contributed by atoms with Crippen molar-refractivity contribution in [2.45, 2.75) is 20.3 Å². The second kappa shape index (κ2) is 6.07. The van der Waals surface area contributed by atoms with Gasteiger partial charge in [0, 0.05) is 5.02 Å². The van der Waals surface area contributed by atoms with Gasteiger partial charge < -0.3 is 5.32 Å². The van der Waals surface area contributed by atoms with Crippen LogP contribution in [-0.2, 0) is 11.2 Å². The molecule has 1 heterocycles. The smallest absolute Gasteiger partial charge is 0.230 e. The van der Waals surface area contributed by atoms with Gasteiger partial charge in [0.1, 0.15) is 0 Å². The number of hydrogen-bond acceptors (Lipinski definition) is 3. The molecule has 0 saturated carbocycles. The number of thiazole rings is 1. The molecule has 0 fully saturated rings. The summed E-state index contributed by atoms with van der Waals surface area (Å²) in [5, 5.41) is 4.17. The van der Waals surface area contributed by atoms with Crippen LogP contribution in [0.2, 0.25) is 5.02 Å². The van der Waals surface area contributed by atoms with Gasteiger partial charge in [0.05, 0.1) is 16.6 Å². The van der Waals surface area contributed by atoms with Gasteiger partial charge in [0.15, 0.2) is 5.13 Å². The van der Waals surface area contributed by atoms with E-state index < -0.39 is 0 Å². The Hall–Kier alpha value is -1.91. The van der Waals surface area contributed by atoms with Crippen molar-refractivity contribution in [3.05, 3.63) is 58.1 Å². The first-order valence-electron chi connectivity index (χ1n) is 6.94. The Kier molecular flexibility index (Phi) is 4.14. The van der Waals surface area contributed by atoms with E-state index in [1.807, 2.05) is 50.2 Å². The van der Waals surface area contributed by atoms with Crippen molar-refractivity contribution in [1.29, 1.82) is 0 Å². The molecule has 1 N–H and O–H groups in total. The topological polar surface area (TPSA) is 42.0 Å². The molecule has 0 saturated heterocycles. The lowest BCUT2D eigenvalue weighted by atomic mass is 10.1. The Morgan fingerprint density at radius 3 is 2.64 bits per heavy atom. The highest BCUT2D eigenvalue weighted by Gasteiger charge is 2.11. The predicted octanol–water partition coefficient (Wildman–Crippen LogP) is 4.75. The van der Waals surface area contributed by atoms with E-state index in [1.165, 1.54) is 16.9 Å². The van der Waals surface area contributed by atoms with E-state index >= 15 is 0 Å². The third-order valence-electron chi connectivity index (χ3n) is 3.48. The summed E-state index contributed by atoms with van der Waals surface area (Å²) in [6.07, 6.45) is 0.343. The molecule has 5 heteroatoms. The number of anilines is 1. The number of carbonyl (C=O) groups excluding carboxylic acids is 1. The fraction of sp³-hybridized carbons (Fsp3) is 0.176. The second-order valence-corrected chi connectivity index (χ2v) is 6.69. The number of aromatic nitrogens is 1. The molecule has 0 aliphatic heterocycles. The highest BCUT2D eigenvalue weighted by molar-refractivity contribution is 7.22. The number of hydrogen-bond donors (Lipinski definition) is 1. The van der Waals surface area contributed by atoms with Crippen molar-refractivity contribution in [3.8, 4) is 0 Å². The van der Waals surface area contributed by atoms with Crippen LogP contribution in [0.15, 0.2) is 36.4 Å². The molecule has 0 aliphatic rings. The largest absolute Gasteiger partial charge is 0.302 e. The van der Waals surface area contributed by atoms with Gasteiger partial charge in [0.2, 0.25) is 5.91 Å². The van der Waals surface area contributed by atoms with Crippen LogP contribution >= 0.6 is 22.9 Å². The standard InChI is InChI=1S/C17H15ClN2OS/c1-10-3-5-12(6-4-10)9-15(21)19-17-20-16-11(2)13(18)7-8-14(16)22-17/h3-8H,9H2,1-2H3,(H,19,20,21). The minimum absolute atomic E-state index is 0.0633. The van der Waals surface area contributed by atoms with Gasteiger partial charge in [-0.15, -0.1) is 0 Å². The van der Waals surface area contributed by atoms with E-state index in [4.69, 9.17) is 11.6 Å². The Morgan fingerprint density at radius 1 is 1.18 bits per heavy atom. The number of nitrogens with zero attached hydrogens (tertiary/aromatic N) is 1. The molecule has 112 valence electrons. The summed E-state index contributed by atoms with van der Waals surface area (Å²) in [5.41, 5.74) is 3.96. The van der Waals surface area contributed by atoms with Crippen LogP contribution in [0.25, 0.3) is 10.2 Å². The quantitative estimate of drug-likeness (QED) is 0.753. The van der Waals surface area contributed by atoms with Crippen molar-refractivity contribution in [2.75, 3.05) is 5.32 Å². The Balaban J connectivity index is 1.76. The van der Waals surface area contributed by atoms with Gasteiger partial charge >= 0.3 is 0 Å². The molecule has 0 unspecified atom stereocenters. The van der Waals surface area contributed by atoms with Crippen LogP contribution < -0.4 is 5.32 Å². The Bertz CT molecular complexity index is 840. The Morgan fingerprint density at radius 2 is 1.91 bits per heavy atom. The monoisotopic (exact) mass is 330 g/mol. The zero-order valence-electron chi connectivity index (χ0n) is 12.3. The summed E-state index contributed by atoms with van der Waals surface area (Å²) >= 11 is 7.56. The van der Waals surface area contributed by atoms with Crippen LogP contribution in [0.3, 0.4) is 0 Å². The first kappa shape index (κ1) is 15.0. The molecule has 0 spiro atoms. The van der Waals surface area contributed by atoms with Gasteiger partial charge in [-0.1, -0.05) is 52.8 Å². The number of fused-ring (bicyclic) bond motifs is 1. The van der Waals surface area contributed by atoms with Crippen molar-refractivity contribution in [3.63, 3.8) is 0 Å². The molecule has 1 aromatic heterocycles. The molecule has 1 amide bonds. The van der Waals surface area contributed by atoms with Gasteiger partial charge in [-0.25, -0.2) is 4.98 Å². The van der Waals surface area contributed by atoms with Crippen molar-refractivity contribution >= 4 is 44.2 Å². The maximum atomic E-state index is 12.1. The zero-order valence-corrected chi connectivity index (χ0v) is 13.9. The molecular formula is C17H15ClN2OS. The molecule has 2 aromatic carbocycles. The third-order valence-corrected chi connectivity index (χ3v) is 4.82. The number of rotatable bonds is 3. The van der Waals surface area contributed by atoms with E-state index in [9.17, 15) is 4.79 Å². The van der Waals surface area contributed by atoms with E-state index in [1.54, 1.807) is 0 Å². The lowest BCUT2D eigenvalue weighted by Gasteiger charge is -2.02. The molecule has 3 aromatic rings. The summed E-state index contributed by atoms with van der Waals surface area (Å²) in [4.78, 5) is 16.6. The molecular weight excluding hydrogens is 316 g/mol. The van der Waals surface area contributed by atoms with E-state index in [0.717, 1.165) is 21.3 Å². The van der Waals surface area contributed by atoms with Crippen LogP contribution in [0.5, 0.6) is 0 Å². The highest BCUT2D eigenvalue weighted by Crippen LogP contribution is 2.31. The number of benzene rings is 2. The molecule has 0 aliphatic carbocycles. The molecule has 0 radical (unpaired) electrons. The van der Waals surface area contributed by atoms with Crippen LogP contribution in [0.1, 0.15) is 16.7 Å². The van der Waals surface area contributed by atoms with Gasteiger partial charge in [-0.05, 0) is 37.1 Å². The van der Waals surface area contributed by atoms with Crippen LogP contribution in [0, 0.1) is 13.8 Å². The summed E-state index contributed by atoms with van der Waals surface area (Å²) in [6.45, 7) is 3.96. The van der Waals surface area contributed by atoms with E-state index in [2.05, 4.69) is 10.3 Å². The number of aryl methyl sites for hydroxylation is 2. The molecule has 0 bridgehead atoms. The van der Waals surface area contributed by atoms with Gasteiger partial charge in [-0.2, -0.15) is 0 Å². The van der Waals surface area contributed by atoms with Crippen molar-refractivity contribution < 1.29 is 4.79 Å². The fourth-order valence-corrected chi connectivity index (χ4v) is 3.30. The fourth-order valence-electron chi connectivity index (χ4n) is 2.21. The SMILES string of the molecule is Cc1ccc(CC(=O)Nc2nc3c(C)c(Cl)ccc3s2)cc1. The van der Waals surface area contributed by atoms with Gasteiger partial charge in [-0.3, -0.25) is 4.79 Å². The maximum absolute atomic E-state index is 12.1. The van der Waals surface area contributed by atoms with Crippen LogP contribution in [0.4, 0.5) is 5.13 Å². The summed E-state index contributed by atoms with van der Waals surface area (Å²) in [5.74, 6) is -0.0633. The lowest BCUT2D eigenvalue weighted by Crippen LogP contribution is -2.14. The lowest BCUT2D eigenvalue weighted by molar-refractivity contribution is -0.115. The van der Waals surface area contributed by atoms with E-state index in [-0.39, 0.29) is 5.91 Å². The minimum atomic E-state index is -0.0633. The average Bonchev–Trinajstić information content (AvgIpc) is 2.89. The van der Waals surface area contributed by atoms with Crippen molar-refractivity contribution in [1.82, 2.24) is 4.98 Å². The predicted molar refractivity (Wildman–Crippen MR) is 92.9 cm³/mol. The first-order valence-corrected chi connectivity index (χ1v) is 8.13. The average molecular weight is 331 g/mol. The molecule has 0 atom stereocenters. The van der Waals surface area contributed by atoms with Crippen molar-refractivity contribution in [2.24, 2.45) is 0 Å². The van der Waals surface area contributed by atoms with Gasteiger partial charge in [0.25, 0.3) is 0 Å². The molecule has 3 nitrogen and oxygen atoms in total. The first-order chi connectivity index (χ1) is 10.5. The second-order valence-electron chi connectivity index (χ2n) is 5.25. The zero-order chi connectivity index (χ0) is 15.7. The summed E-state index contributed by atoms with van der Waals surface area (Å²) in [7, 11) is 0. The summed E-state index contributed by atoms with van der Waals surface area (Å²) in [6, 6.07) is 11.7. The van der Waals surface area contributed by atoms with Crippen LogP contribution in [-0.4, -0.2) is 10.9 Å². The third kappa shape index (κ3) is 3.13. The molecule has 22 heavy (non-hydrogen) atoms. The number of nitrogens with one attached hydrogen (secondary N) is 1. The maximum Gasteiger partial charge on any atom is 0.230 e. The minimum Gasteiger partial charge on any atom is -0.302 e.